The first-order valence-electron chi connectivity index (χ1n) is 13.5. The summed E-state index contributed by atoms with van der Waals surface area (Å²) in [6, 6.07) is 9.07. The number of thiophene rings is 1. The van der Waals surface area contributed by atoms with Crippen LogP contribution in [-0.2, 0) is 25.5 Å². The van der Waals surface area contributed by atoms with Crippen molar-refractivity contribution in [3.8, 4) is 5.75 Å². The van der Waals surface area contributed by atoms with Gasteiger partial charge in [-0.3, -0.25) is 9.59 Å². The summed E-state index contributed by atoms with van der Waals surface area (Å²) in [5.41, 5.74) is 2.04. The molecule has 12 nitrogen and oxygen atoms in total. The van der Waals surface area contributed by atoms with Gasteiger partial charge in [-0.1, -0.05) is 24.8 Å². The van der Waals surface area contributed by atoms with Crippen LogP contribution in [0.2, 0.25) is 0 Å². The highest BCUT2D eigenvalue weighted by molar-refractivity contribution is 7.12. The third-order valence-electron chi connectivity index (χ3n) is 6.04. The van der Waals surface area contributed by atoms with Crippen LogP contribution in [0.5, 0.6) is 5.75 Å². The maximum absolute atomic E-state index is 13.3. The maximum atomic E-state index is 13.3. The molecule has 2 aromatic heterocycles. The number of hydrogen-bond acceptors (Lipinski definition) is 11. The molecule has 0 saturated carbocycles. The molecule has 3 aromatic rings. The molecule has 228 valence electrons. The SMILES string of the molecule is C=C(C)C(=O)OC(C)OC(=O)[C@H](CNC(=O)c1cccs1)NC(=O)c1c(C)nc(NCCCc2cccc(O)c2)nc1C. The first-order chi connectivity index (χ1) is 20.4. The van der Waals surface area contributed by atoms with E-state index in [1.54, 1.807) is 49.6 Å². The zero-order chi connectivity index (χ0) is 31.5. The molecule has 1 unspecified atom stereocenters. The molecule has 0 aliphatic carbocycles. The summed E-state index contributed by atoms with van der Waals surface area (Å²) in [4.78, 5) is 59.9. The average Bonchev–Trinajstić information content (AvgIpc) is 3.48. The van der Waals surface area contributed by atoms with Crippen molar-refractivity contribution in [2.75, 3.05) is 18.4 Å². The Labute approximate surface area is 253 Å². The molecule has 1 aromatic carbocycles. The number of ether oxygens (including phenoxy) is 2. The Hall–Kier alpha value is -4.78. The number of carbonyl (C=O) groups excluding carboxylic acids is 4. The summed E-state index contributed by atoms with van der Waals surface area (Å²) in [5, 5.41) is 19.7. The van der Waals surface area contributed by atoms with Gasteiger partial charge < -0.3 is 30.5 Å². The summed E-state index contributed by atoms with van der Waals surface area (Å²) in [7, 11) is 0. The van der Waals surface area contributed by atoms with E-state index in [0.717, 1.165) is 18.4 Å². The van der Waals surface area contributed by atoms with Crippen molar-refractivity contribution in [2.45, 2.75) is 52.9 Å². The van der Waals surface area contributed by atoms with Gasteiger partial charge in [0.05, 0.1) is 21.8 Å². The molecule has 0 aliphatic heterocycles. The number of nitrogens with one attached hydrogen (secondary N) is 3. The van der Waals surface area contributed by atoms with Crippen LogP contribution in [0.25, 0.3) is 0 Å². The summed E-state index contributed by atoms with van der Waals surface area (Å²) < 4.78 is 10.2. The summed E-state index contributed by atoms with van der Waals surface area (Å²) in [5.74, 6) is -2.19. The van der Waals surface area contributed by atoms with Crippen molar-refractivity contribution in [3.05, 3.63) is 81.3 Å². The molecule has 2 heterocycles. The molecule has 0 fully saturated rings. The van der Waals surface area contributed by atoms with Gasteiger partial charge in [0, 0.05) is 25.6 Å². The smallest absolute Gasteiger partial charge is 0.336 e. The van der Waals surface area contributed by atoms with Crippen LogP contribution in [0.4, 0.5) is 5.95 Å². The Bertz CT molecular complexity index is 1450. The van der Waals surface area contributed by atoms with E-state index in [1.807, 2.05) is 6.07 Å². The number of phenols is 1. The van der Waals surface area contributed by atoms with Crippen molar-refractivity contribution in [1.29, 1.82) is 0 Å². The highest BCUT2D eigenvalue weighted by Gasteiger charge is 2.28. The zero-order valence-corrected chi connectivity index (χ0v) is 25.2. The van der Waals surface area contributed by atoms with Gasteiger partial charge in [-0.15, -0.1) is 11.3 Å². The van der Waals surface area contributed by atoms with Crippen molar-refractivity contribution in [2.24, 2.45) is 0 Å². The Balaban J connectivity index is 1.67. The fraction of sp³-hybridized carbons (Fsp3) is 0.333. The van der Waals surface area contributed by atoms with Crippen molar-refractivity contribution >= 4 is 41.0 Å². The van der Waals surface area contributed by atoms with Gasteiger partial charge in [-0.05, 0) is 62.8 Å². The van der Waals surface area contributed by atoms with Gasteiger partial charge >= 0.3 is 11.9 Å². The lowest BCUT2D eigenvalue weighted by Crippen LogP contribution is -2.50. The van der Waals surface area contributed by atoms with Crippen LogP contribution in [0.15, 0.2) is 53.9 Å². The third kappa shape index (κ3) is 9.92. The lowest BCUT2D eigenvalue weighted by atomic mass is 10.1. The molecular formula is C30H35N5O7S. The first-order valence-corrected chi connectivity index (χ1v) is 14.4. The van der Waals surface area contributed by atoms with E-state index >= 15 is 0 Å². The molecule has 43 heavy (non-hydrogen) atoms. The number of rotatable bonds is 14. The van der Waals surface area contributed by atoms with Crippen LogP contribution < -0.4 is 16.0 Å². The number of amides is 2. The Morgan fingerprint density at radius 1 is 1.05 bits per heavy atom. The van der Waals surface area contributed by atoms with E-state index in [2.05, 4.69) is 32.5 Å². The number of anilines is 1. The number of esters is 2. The minimum atomic E-state index is -1.32. The second-order valence-electron chi connectivity index (χ2n) is 9.70. The van der Waals surface area contributed by atoms with Crippen LogP contribution in [0, 0.1) is 13.8 Å². The van der Waals surface area contributed by atoms with E-state index in [0.29, 0.717) is 28.8 Å². The topological polar surface area (TPSA) is 169 Å². The molecule has 2 amide bonds. The predicted octanol–water partition coefficient (Wildman–Crippen LogP) is 3.44. The van der Waals surface area contributed by atoms with Crippen LogP contribution in [0.3, 0.4) is 0 Å². The minimum Gasteiger partial charge on any atom is -0.508 e. The maximum Gasteiger partial charge on any atom is 0.336 e. The monoisotopic (exact) mass is 609 g/mol. The number of phenolic OH excluding ortho intramolecular Hbond substituents is 1. The van der Waals surface area contributed by atoms with Gasteiger partial charge in [-0.2, -0.15) is 0 Å². The number of aromatic nitrogens is 2. The number of benzene rings is 1. The Morgan fingerprint density at radius 2 is 1.77 bits per heavy atom. The largest absolute Gasteiger partial charge is 0.508 e. The van der Waals surface area contributed by atoms with E-state index in [-0.39, 0.29) is 23.4 Å². The third-order valence-corrected chi connectivity index (χ3v) is 6.91. The van der Waals surface area contributed by atoms with E-state index < -0.39 is 36.1 Å². The Morgan fingerprint density at radius 3 is 2.40 bits per heavy atom. The molecule has 3 rings (SSSR count). The van der Waals surface area contributed by atoms with Crippen LogP contribution in [-0.4, -0.2) is 64.2 Å². The highest BCUT2D eigenvalue weighted by Crippen LogP contribution is 2.15. The highest BCUT2D eigenvalue weighted by atomic mass is 32.1. The molecule has 2 atom stereocenters. The summed E-state index contributed by atoms with van der Waals surface area (Å²) in [6.07, 6.45) is 0.230. The molecule has 0 aliphatic rings. The molecule has 0 bridgehead atoms. The van der Waals surface area contributed by atoms with Crippen LogP contribution in [0.1, 0.15) is 57.2 Å². The van der Waals surface area contributed by atoms with Crippen molar-refractivity contribution < 1.29 is 33.8 Å². The normalized spacial score (nSPS) is 12.0. The number of carbonyl (C=O) groups is 4. The lowest BCUT2D eigenvalue weighted by Gasteiger charge is -2.21. The fourth-order valence-electron chi connectivity index (χ4n) is 3.96. The van der Waals surface area contributed by atoms with Crippen molar-refractivity contribution in [1.82, 2.24) is 20.6 Å². The molecular weight excluding hydrogens is 574 g/mol. The molecule has 13 heteroatoms. The number of hydrogen-bond donors (Lipinski definition) is 4. The van der Waals surface area contributed by atoms with E-state index in [1.165, 1.54) is 25.2 Å². The van der Waals surface area contributed by atoms with Crippen LogP contribution >= 0.6 is 11.3 Å². The van der Waals surface area contributed by atoms with E-state index in [9.17, 15) is 24.3 Å². The second kappa shape index (κ2) is 15.4. The summed E-state index contributed by atoms with van der Waals surface area (Å²) in [6.45, 7) is 9.84. The average molecular weight is 610 g/mol. The van der Waals surface area contributed by atoms with Gasteiger partial charge in [0.25, 0.3) is 11.8 Å². The first kappa shape index (κ1) is 32.7. The quantitative estimate of drug-likeness (QED) is 0.0919. The second-order valence-corrected chi connectivity index (χ2v) is 10.6. The predicted molar refractivity (Wildman–Crippen MR) is 161 cm³/mol. The number of nitrogens with zero attached hydrogens (tertiary/aromatic N) is 2. The lowest BCUT2D eigenvalue weighted by molar-refractivity contribution is -0.183. The number of aryl methyl sites for hydroxylation is 3. The molecule has 0 spiro atoms. The zero-order valence-electron chi connectivity index (χ0n) is 24.4. The van der Waals surface area contributed by atoms with Gasteiger partial charge in [0.2, 0.25) is 12.2 Å². The Kier molecular flexibility index (Phi) is 11.8. The molecule has 0 saturated heterocycles. The number of aromatic hydroxyl groups is 1. The fourth-order valence-corrected chi connectivity index (χ4v) is 4.60. The van der Waals surface area contributed by atoms with Gasteiger partial charge in [-0.25, -0.2) is 19.6 Å². The van der Waals surface area contributed by atoms with Crippen molar-refractivity contribution in [3.63, 3.8) is 0 Å². The van der Waals surface area contributed by atoms with Gasteiger partial charge in [0.15, 0.2) is 0 Å². The van der Waals surface area contributed by atoms with E-state index in [4.69, 9.17) is 9.47 Å². The minimum absolute atomic E-state index is 0.122. The van der Waals surface area contributed by atoms with Gasteiger partial charge in [0.1, 0.15) is 11.8 Å². The summed E-state index contributed by atoms with van der Waals surface area (Å²) >= 11 is 1.22. The standard InChI is InChI=1S/C30H35N5O7S/c1-17(2)28(39)41-20(5)42-29(40)23(16-32-26(37)24-12-8-14-43-24)35-27(38)25-18(3)33-30(34-19(25)4)31-13-7-10-21-9-6-11-22(36)15-21/h6,8-9,11-12,14-15,20,23,36H,1,7,10,13,16H2,2-5H3,(H,32,37)(H,35,38)(H,31,33,34)/t20?,23-/m0/s1. The molecule has 0 radical (unpaired) electrons. The molecule has 4 N–H and O–H groups in total.